The van der Waals surface area contributed by atoms with Gasteiger partial charge in [-0.15, -0.1) is 0 Å². The van der Waals surface area contributed by atoms with Crippen LogP contribution < -0.4 is 4.90 Å². The number of anilines is 1. The Morgan fingerprint density at radius 1 is 0.944 bits per heavy atom. The molecule has 0 bridgehead atoms. The fourth-order valence-electron chi connectivity index (χ4n) is 4.58. The van der Waals surface area contributed by atoms with Gasteiger partial charge in [-0.2, -0.15) is 15.1 Å². The van der Waals surface area contributed by atoms with E-state index in [2.05, 4.69) is 26.5 Å². The highest BCUT2D eigenvalue weighted by atomic mass is 16.5. The molecule has 182 valence electrons. The number of rotatable bonds is 6. The lowest BCUT2D eigenvalue weighted by molar-refractivity contribution is 0.122. The van der Waals surface area contributed by atoms with E-state index >= 15 is 0 Å². The lowest BCUT2D eigenvalue weighted by Crippen LogP contribution is -2.37. The van der Waals surface area contributed by atoms with Gasteiger partial charge in [0.1, 0.15) is 5.82 Å². The predicted octanol–water partition coefficient (Wildman–Crippen LogP) is 3.09. The van der Waals surface area contributed by atoms with E-state index in [0.29, 0.717) is 44.5 Å². The van der Waals surface area contributed by atoms with Crippen LogP contribution in [-0.4, -0.2) is 65.7 Å². The largest absolute Gasteiger partial charge is 0.390 e. The number of imidazole rings is 1. The average molecular weight is 483 g/mol. The standard InChI is InChI=1S/C26H26N8O2/c1-2-33-23(19-8-10-27-11-9-19)28-22-24(32-12-14-36-15-13-32)29-26(30-25(22)33)34-16-20(21(17-35)31-34)18-6-4-3-5-7-18/h3-11,16,35H,2,12-15,17H2,1H3. The second kappa shape index (κ2) is 9.48. The highest BCUT2D eigenvalue weighted by Gasteiger charge is 2.24. The van der Waals surface area contributed by atoms with Gasteiger partial charge in [0.15, 0.2) is 17.0 Å². The molecule has 1 aliphatic rings. The lowest BCUT2D eigenvalue weighted by Gasteiger charge is -2.28. The predicted molar refractivity (Wildman–Crippen MR) is 136 cm³/mol. The Kier molecular flexibility index (Phi) is 5.88. The topological polar surface area (TPSA) is 107 Å². The van der Waals surface area contributed by atoms with E-state index in [4.69, 9.17) is 19.7 Å². The van der Waals surface area contributed by atoms with Crippen molar-refractivity contribution in [1.29, 1.82) is 0 Å². The van der Waals surface area contributed by atoms with Gasteiger partial charge in [0.2, 0.25) is 0 Å². The maximum Gasteiger partial charge on any atom is 0.254 e. The van der Waals surface area contributed by atoms with Crippen LogP contribution in [0.3, 0.4) is 0 Å². The van der Waals surface area contributed by atoms with Gasteiger partial charge in [-0.3, -0.25) is 4.98 Å². The SMILES string of the molecule is CCn1c(-c2ccncc2)nc2c(N3CCOCC3)nc(-n3cc(-c4ccccc4)c(CO)n3)nc21. The first-order valence-corrected chi connectivity index (χ1v) is 12.0. The number of hydrogen-bond donors (Lipinski definition) is 1. The smallest absolute Gasteiger partial charge is 0.254 e. The van der Waals surface area contributed by atoms with Crippen molar-refractivity contribution in [2.45, 2.75) is 20.1 Å². The summed E-state index contributed by atoms with van der Waals surface area (Å²) in [5.41, 5.74) is 4.83. The first-order valence-electron chi connectivity index (χ1n) is 12.0. The Labute approximate surface area is 207 Å². The molecule has 1 fully saturated rings. The number of aromatic nitrogens is 7. The van der Waals surface area contributed by atoms with Crippen LogP contribution in [-0.2, 0) is 17.9 Å². The molecule has 10 heteroatoms. The number of fused-ring (bicyclic) bond motifs is 1. The molecule has 0 unspecified atom stereocenters. The van der Waals surface area contributed by atoms with E-state index in [9.17, 15) is 5.11 Å². The third-order valence-corrected chi connectivity index (χ3v) is 6.36. The highest BCUT2D eigenvalue weighted by molar-refractivity contribution is 5.88. The van der Waals surface area contributed by atoms with E-state index in [-0.39, 0.29) is 6.61 Å². The second-order valence-corrected chi connectivity index (χ2v) is 8.49. The zero-order valence-corrected chi connectivity index (χ0v) is 19.9. The van der Waals surface area contributed by atoms with Crippen LogP contribution >= 0.6 is 0 Å². The van der Waals surface area contributed by atoms with Gasteiger partial charge in [-0.1, -0.05) is 30.3 Å². The molecule has 1 aromatic carbocycles. The number of pyridine rings is 1. The zero-order chi connectivity index (χ0) is 24.5. The third kappa shape index (κ3) is 3.90. The van der Waals surface area contributed by atoms with Crippen LogP contribution in [0.25, 0.3) is 39.6 Å². The van der Waals surface area contributed by atoms with Gasteiger partial charge in [-0.05, 0) is 24.6 Å². The molecule has 36 heavy (non-hydrogen) atoms. The number of aryl methyl sites for hydroxylation is 1. The van der Waals surface area contributed by atoms with E-state index in [1.165, 1.54) is 0 Å². The molecule has 10 nitrogen and oxygen atoms in total. The van der Waals surface area contributed by atoms with E-state index in [0.717, 1.165) is 39.5 Å². The molecule has 0 aliphatic carbocycles. The second-order valence-electron chi connectivity index (χ2n) is 8.49. The van der Waals surface area contributed by atoms with Crippen molar-refractivity contribution < 1.29 is 9.84 Å². The maximum atomic E-state index is 10.0. The first kappa shape index (κ1) is 22.3. The molecular formula is C26H26N8O2. The number of nitrogens with zero attached hydrogens (tertiary/aromatic N) is 8. The summed E-state index contributed by atoms with van der Waals surface area (Å²) in [6.45, 7) is 5.25. The average Bonchev–Trinajstić information content (AvgIpc) is 3.56. The van der Waals surface area contributed by atoms with Gasteiger partial charge in [-0.25, -0.2) is 9.67 Å². The highest BCUT2D eigenvalue weighted by Crippen LogP contribution is 2.31. The fraction of sp³-hybridized carbons (Fsp3) is 0.269. The normalized spacial score (nSPS) is 14.0. The number of hydrogen-bond acceptors (Lipinski definition) is 8. The van der Waals surface area contributed by atoms with Crippen molar-refractivity contribution in [3.05, 3.63) is 66.7 Å². The summed E-state index contributed by atoms with van der Waals surface area (Å²) in [6.07, 6.45) is 5.40. The number of ether oxygens (including phenoxy) is 1. The van der Waals surface area contributed by atoms with E-state index < -0.39 is 0 Å². The van der Waals surface area contributed by atoms with Crippen LogP contribution in [0.1, 0.15) is 12.6 Å². The Balaban J connectivity index is 1.56. The monoisotopic (exact) mass is 482 g/mol. The number of benzene rings is 1. The Hall–Kier alpha value is -4.15. The summed E-state index contributed by atoms with van der Waals surface area (Å²) >= 11 is 0. The molecule has 1 saturated heterocycles. The van der Waals surface area contributed by atoms with Gasteiger partial charge in [0, 0.05) is 49.4 Å². The van der Waals surface area contributed by atoms with E-state index in [1.54, 1.807) is 17.1 Å². The van der Waals surface area contributed by atoms with E-state index in [1.807, 2.05) is 48.7 Å². The quantitative estimate of drug-likeness (QED) is 0.394. The van der Waals surface area contributed by atoms with Gasteiger partial charge >= 0.3 is 0 Å². The molecule has 1 N–H and O–H groups in total. The summed E-state index contributed by atoms with van der Waals surface area (Å²) in [7, 11) is 0. The van der Waals surface area contributed by atoms with Crippen molar-refractivity contribution in [2.24, 2.45) is 0 Å². The Morgan fingerprint density at radius 3 is 2.44 bits per heavy atom. The number of aliphatic hydroxyl groups excluding tert-OH is 1. The van der Waals surface area contributed by atoms with Crippen molar-refractivity contribution in [2.75, 3.05) is 31.2 Å². The summed E-state index contributed by atoms with van der Waals surface area (Å²) in [5, 5.41) is 14.7. The summed E-state index contributed by atoms with van der Waals surface area (Å²) in [6, 6.07) is 13.8. The van der Waals surface area contributed by atoms with Crippen LogP contribution in [0.5, 0.6) is 0 Å². The van der Waals surface area contributed by atoms with Crippen LogP contribution in [0.15, 0.2) is 61.1 Å². The molecule has 6 rings (SSSR count). The molecule has 1 aliphatic heterocycles. The van der Waals surface area contributed by atoms with Crippen molar-refractivity contribution >= 4 is 17.0 Å². The maximum absolute atomic E-state index is 10.0. The molecule has 0 atom stereocenters. The minimum Gasteiger partial charge on any atom is -0.390 e. The fourth-order valence-corrected chi connectivity index (χ4v) is 4.58. The lowest BCUT2D eigenvalue weighted by atomic mass is 10.1. The van der Waals surface area contributed by atoms with Crippen LogP contribution in [0, 0.1) is 0 Å². The molecule has 5 aromatic rings. The Bertz CT molecular complexity index is 1490. The van der Waals surface area contributed by atoms with Gasteiger partial charge in [0.25, 0.3) is 5.95 Å². The van der Waals surface area contributed by atoms with Crippen molar-refractivity contribution in [1.82, 2.24) is 34.3 Å². The molecule has 4 aromatic heterocycles. The summed E-state index contributed by atoms with van der Waals surface area (Å²) in [4.78, 5) is 21.2. The third-order valence-electron chi connectivity index (χ3n) is 6.36. The van der Waals surface area contributed by atoms with Crippen molar-refractivity contribution in [3.63, 3.8) is 0 Å². The van der Waals surface area contributed by atoms with Crippen molar-refractivity contribution in [3.8, 4) is 28.5 Å². The molecule has 5 heterocycles. The molecule has 0 spiro atoms. The Morgan fingerprint density at radius 2 is 1.72 bits per heavy atom. The summed E-state index contributed by atoms with van der Waals surface area (Å²) < 4.78 is 9.33. The van der Waals surface area contributed by atoms with Crippen LogP contribution in [0.4, 0.5) is 5.82 Å². The minimum atomic E-state index is -0.186. The molecule has 0 amide bonds. The number of morpholine rings is 1. The molecule has 0 radical (unpaired) electrons. The minimum absolute atomic E-state index is 0.186. The molecule has 0 saturated carbocycles. The van der Waals surface area contributed by atoms with Gasteiger partial charge < -0.3 is 19.3 Å². The zero-order valence-electron chi connectivity index (χ0n) is 19.9. The number of aliphatic hydroxyl groups is 1. The summed E-state index contributed by atoms with van der Waals surface area (Å²) in [5.74, 6) is 2.00. The first-order chi connectivity index (χ1) is 17.8. The van der Waals surface area contributed by atoms with Gasteiger partial charge in [0.05, 0.1) is 25.5 Å². The van der Waals surface area contributed by atoms with Crippen LogP contribution in [0.2, 0.25) is 0 Å². The molecular weight excluding hydrogens is 456 g/mol.